The third-order valence-electron chi connectivity index (χ3n) is 8.84. The normalized spacial score (nSPS) is 27.1. The van der Waals surface area contributed by atoms with Gasteiger partial charge < -0.3 is 26.2 Å². The first-order chi connectivity index (χ1) is 19.0. The largest absolute Gasteiger partial charge is 0.508 e. The minimum absolute atomic E-state index is 0.0596. The van der Waals surface area contributed by atoms with E-state index in [-0.39, 0.29) is 35.8 Å². The molecule has 3 aliphatic rings. The topological polar surface area (TPSA) is 165 Å². The van der Waals surface area contributed by atoms with Gasteiger partial charge in [-0.15, -0.1) is 0 Å². The summed E-state index contributed by atoms with van der Waals surface area (Å²) in [6.45, 7) is 12.4. The van der Waals surface area contributed by atoms with Crippen LogP contribution in [0, 0.1) is 23.7 Å². The highest BCUT2D eigenvalue weighted by Crippen LogP contribution is 2.53. The first kappa shape index (κ1) is 30.7. The Morgan fingerprint density at radius 2 is 1.63 bits per heavy atom. The molecule has 1 aromatic rings. The minimum Gasteiger partial charge on any atom is -0.508 e. The molecule has 0 spiro atoms. The van der Waals surface area contributed by atoms with Crippen molar-refractivity contribution in [3.8, 4) is 5.75 Å². The lowest BCUT2D eigenvalue weighted by molar-refractivity contribution is -0.153. The Morgan fingerprint density at radius 1 is 1.05 bits per heavy atom. The monoisotopic (exact) mass is 569 g/mol. The lowest BCUT2D eigenvalue weighted by Gasteiger charge is -2.50. The van der Waals surface area contributed by atoms with Crippen molar-refractivity contribution in [3.05, 3.63) is 45.7 Å². The molecule has 1 saturated carbocycles. The van der Waals surface area contributed by atoms with E-state index in [1.165, 1.54) is 11.0 Å². The van der Waals surface area contributed by atoms with Gasteiger partial charge in [-0.3, -0.25) is 24.2 Å². The number of carbonyl (C=O) groups excluding carboxylic acids is 3. The fourth-order valence-electron chi connectivity index (χ4n) is 7.18. The summed E-state index contributed by atoms with van der Waals surface area (Å²) in [5, 5.41) is 45.2. The summed E-state index contributed by atoms with van der Waals surface area (Å²) in [4.78, 5) is 43.4. The summed E-state index contributed by atoms with van der Waals surface area (Å²) < 4.78 is 0. The van der Waals surface area contributed by atoms with Crippen LogP contribution >= 0.6 is 0 Å². The number of phenols is 1. The second-order valence-electron chi connectivity index (χ2n) is 12.9. The van der Waals surface area contributed by atoms with Crippen LogP contribution < -0.4 is 5.73 Å². The molecule has 1 fully saturated rings. The lowest BCUT2D eigenvalue weighted by Crippen LogP contribution is -2.65. The molecule has 1 amide bonds. The predicted molar refractivity (Wildman–Crippen MR) is 154 cm³/mol. The van der Waals surface area contributed by atoms with Gasteiger partial charge in [0.1, 0.15) is 22.8 Å². The van der Waals surface area contributed by atoms with Crippen molar-refractivity contribution in [3.63, 3.8) is 0 Å². The number of nitrogens with two attached hydrogens (primary N) is 1. The molecule has 0 radical (unpaired) electrons. The fourth-order valence-corrected chi connectivity index (χ4v) is 7.18. The van der Waals surface area contributed by atoms with Gasteiger partial charge in [-0.1, -0.05) is 33.8 Å². The van der Waals surface area contributed by atoms with Crippen LogP contribution in [-0.4, -0.2) is 86.5 Å². The van der Waals surface area contributed by atoms with Gasteiger partial charge in [0.2, 0.25) is 5.78 Å². The fraction of sp³-hybridized carbons (Fsp3) is 0.581. The average Bonchev–Trinajstić information content (AvgIpc) is 2.84. The zero-order valence-corrected chi connectivity index (χ0v) is 24.9. The summed E-state index contributed by atoms with van der Waals surface area (Å²) in [6, 6.07) is 2.18. The van der Waals surface area contributed by atoms with Crippen molar-refractivity contribution in [1.29, 1.82) is 0 Å². The molecule has 0 bridgehead atoms. The second kappa shape index (κ2) is 10.9. The van der Waals surface area contributed by atoms with Crippen LogP contribution in [0.25, 0.3) is 5.76 Å². The highest BCUT2D eigenvalue weighted by atomic mass is 16.3. The molecule has 10 nitrogen and oxygen atoms in total. The quantitative estimate of drug-likeness (QED) is 0.296. The van der Waals surface area contributed by atoms with Crippen LogP contribution in [-0.2, 0) is 20.8 Å². The highest BCUT2D eigenvalue weighted by Gasteiger charge is 2.64. The number of benzene rings is 1. The average molecular weight is 570 g/mol. The minimum atomic E-state index is -2.64. The van der Waals surface area contributed by atoms with E-state index in [0.717, 1.165) is 18.7 Å². The van der Waals surface area contributed by atoms with E-state index in [2.05, 4.69) is 39.5 Å². The number of aliphatic hydroxyl groups is 3. The van der Waals surface area contributed by atoms with Gasteiger partial charge in [-0.2, -0.15) is 0 Å². The van der Waals surface area contributed by atoms with E-state index in [4.69, 9.17) is 5.73 Å². The van der Waals surface area contributed by atoms with E-state index in [9.17, 15) is 34.8 Å². The smallest absolute Gasteiger partial charge is 0.255 e. The maximum Gasteiger partial charge on any atom is 0.255 e. The summed E-state index contributed by atoms with van der Waals surface area (Å²) in [6.07, 6.45) is 0.344. The molecule has 0 heterocycles. The van der Waals surface area contributed by atoms with E-state index in [1.54, 1.807) is 14.1 Å². The predicted octanol–water partition coefficient (Wildman–Crippen LogP) is 2.64. The first-order valence-corrected chi connectivity index (χ1v) is 14.3. The third-order valence-corrected chi connectivity index (χ3v) is 8.84. The van der Waals surface area contributed by atoms with Gasteiger partial charge in [-0.25, -0.2) is 0 Å². The maximum absolute atomic E-state index is 14.0. The van der Waals surface area contributed by atoms with E-state index in [0.29, 0.717) is 17.4 Å². The Morgan fingerprint density at radius 3 is 2.15 bits per heavy atom. The second-order valence-corrected chi connectivity index (χ2v) is 12.9. The number of aromatic hydroxyl groups is 1. The third kappa shape index (κ3) is 4.85. The molecule has 0 saturated heterocycles. The molecule has 4 rings (SSSR count). The SMILES string of the molecule is CC(C)CN(CC(C)C)C(C)c1ccc(O)c2c1CC1CC3C(N(C)C)C(=O)C(C(N)=O)=C(O)C3(O)C(=O)C1=C2O. The number of ketones is 2. The Bertz CT molecular complexity index is 1340. The number of likely N-dealkylation sites (N-methyl/N-ethyl adjacent to an activating group) is 1. The van der Waals surface area contributed by atoms with Crippen LogP contribution in [0.2, 0.25) is 0 Å². The van der Waals surface area contributed by atoms with Crippen LogP contribution in [0.15, 0.2) is 29.0 Å². The summed E-state index contributed by atoms with van der Waals surface area (Å²) in [5.74, 6) is -5.65. The summed E-state index contributed by atoms with van der Waals surface area (Å²) >= 11 is 0. The number of rotatable bonds is 8. The molecule has 10 heteroatoms. The zero-order chi connectivity index (χ0) is 30.7. The van der Waals surface area contributed by atoms with Gasteiger partial charge in [0.15, 0.2) is 11.4 Å². The van der Waals surface area contributed by atoms with E-state index < -0.39 is 58.0 Å². The molecule has 5 unspecified atom stereocenters. The number of fused-ring (bicyclic) bond motifs is 3. The molecule has 224 valence electrons. The highest BCUT2D eigenvalue weighted by molar-refractivity contribution is 6.24. The molecule has 6 N–H and O–H groups in total. The Kier molecular flexibility index (Phi) is 8.16. The first-order valence-electron chi connectivity index (χ1n) is 14.3. The summed E-state index contributed by atoms with van der Waals surface area (Å²) in [5.41, 5.74) is 3.54. The van der Waals surface area contributed by atoms with Crippen LogP contribution in [0.1, 0.15) is 63.8 Å². The molecule has 1 aromatic carbocycles. The van der Waals surface area contributed by atoms with Crippen molar-refractivity contribution in [2.75, 3.05) is 27.2 Å². The molecule has 0 aliphatic heterocycles. The molecule has 0 aromatic heterocycles. The van der Waals surface area contributed by atoms with Gasteiger partial charge in [0.25, 0.3) is 5.91 Å². The summed E-state index contributed by atoms with van der Waals surface area (Å²) in [7, 11) is 3.17. The number of amides is 1. The Balaban J connectivity index is 1.90. The standard InChI is InChI=1S/C31H43N3O7/c1-14(2)12-34(13-15(3)4)16(5)18-8-9-21(35)23-19(18)10-17-11-20-25(33(6)7)27(37)24(30(32)40)29(39)31(20,41)28(38)22(17)26(23)36/h8-9,14-17,20,25,35-36,39,41H,10-13H2,1-7H3,(H2,32,40). The van der Waals surface area contributed by atoms with Crippen molar-refractivity contribution >= 4 is 23.2 Å². The van der Waals surface area contributed by atoms with Crippen molar-refractivity contribution in [2.24, 2.45) is 29.4 Å². The lowest BCUT2D eigenvalue weighted by atomic mass is 9.57. The molecular weight excluding hydrogens is 526 g/mol. The number of primary amides is 1. The number of aliphatic hydroxyl groups excluding tert-OH is 2. The van der Waals surface area contributed by atoms with Gasteiger partial charge >= 0.3 is 0 Å². The molecular formula is C31H43N3O7. The van der Waals surface area contributed by atoms with Gasteiger partial charge in [0, 0.05) is 30.6 Å². The van der Waals surface area contributed by atoms with E-state index in [1.807, 2.05) is 6.07 Å². The number of hydrogen-bond donors (Lipinski definition) is 5. The Hall–Kier alpha value is -3.21. The zero-order valence-electron chi connectivity index (χ0n) is 24.9. The van der Waals surface area contributed by atoms with Gasteiger partial charge in [0.05, 0.1) is 11.6 Å². The molecule has 41 heavy (non-hydrogen) atoms. The maximum atomic E-state index is 14.0. The molecule has 5 atom stereocenters. The van der Waals surface area contributed by atoms with Crippen molar-refractivity contribution in [1.82, 2.24) is 9.80 Å². The molecule has 3 aliphatic carbocycles. The van der Waals surface area contributed by atoms with Crippen molar-refractivity contribution in [2.45, 2.75) is 65.1 Å². The number of nitrogens with zero attached hydrogens (tertiary/aromatic N) is 2. The number of phenolic OH excluding ortho intramolecular Hbond substituents is 1. The van der Waals surface area contributed by atoms with Crippen LogP contribution in [0.3, 0.4) is 0 Å². The Labute approximate surface area is 241 Å². The van der Waals surface area contributed by atoms with Crippen LogP contribution in [0.4, 0.5) is 0 Å². The number of carbonyl (C=O) groups is 3. The van der Waals surface area contributed by atoms with Gasteiger partial charge in [-0.05, 0) is 68.8 Å². The van der Waals surface area contributed by atoms with Crippen LogP contribution in [0.5, 0.6) is 5.75 Å². The number of Topliss-reactive ketones (excluding diaryl/α,β-unsaturated/α-hetero) is 2. The van der Waals surface area contributed by atoms with E-state index >= 15 is 0 Å². The number of hydrogen-bond acceptors (Lipinski definition) is 9. The van der Waals surface area contributed by atoms with Crippen molar-refractivity contribution < 1.29 is 34.8 Å².